The van der Waals surface area contributed by atoms with E-state index in [-0.39, 0.29) is 17.5 Å². The third kappa shape index (κ3) is 6.79. The lowest BCUT2D eigenvalue weighted by Crippen LogP contribution is -2.65. The Morgan fingerprint density at radius 3 is 2.18 bits per heavy atom. The van der Waals surface area contributed by atoms with Gasteiger partial charge in [-0.1, -0.05) is 36.6 Å². The third-order valence-electron chi connectivity index (χ3n) is 9.18. The maximum atomic E-state index is 14.0. The molecule has 5 rings (SSSR count). The molecule has 8 nitrogen and oxygen atoms in total. The molecule has 2 fully saturated rings. The van der Waals surface area contributed by atoms with Crippen LogP contribution in [-0.4, -0.2) is 68.0 Å². The van der Waals surface area contributed by atoms with Crippen LogP contribution in [0.3, 0.4) is 0 Å². The van der Waals surface area contributed by atoms with Crippen molar-refractivity contribution in [3.8, 4) is 39.6 Å². The van der Waals surface area contributed by atoms with Crippen molar-refractivity contribution < 1.29 is 23.8 Å². The monoisotopic (exact) mass is 653 g/mol. The molecule has 10 heteroatoms. The van der Waals surface area contributed by atoms with Crippen molar-refractivity contribution in [2.45, 2.75) is 50.5 Å². The van der Waals surface area contributed by atoms with Crippen molar-refractivity contribution >= 4 is 34.4 Å². The summed E-state index contributed by atoms with van der Waals surface area (Å²) in [6.45, 7) is 1.36. The molecule has 0 radical (unpaired) electrons. The Hall–Kier alpha value is -3.33. The van der Waals surface area contributed by atoms with Crippen LogP contribution >= 0.6 is 23.2 Å². The minimum absolute atomic E-state index is 0.0130. The van der Waals surface area contributed by atoms with Crippen molar-refractivity contribution in [3.63, 3.8) is 0 Å². The number of carbonyl (C=O) groups is 2. The first-order valence-corrected chi connectivity index (χ1v) is 16.3. The summed E-state index contributed by atoms with van der Waals surface area (Å²) in [5.41, 5.74) is 1.67. The largest absolute Gasteiger partial charge is 0.496 e. The summed E-state index contributed by atoms with van der Waals surface area (Å²) in [6.07, 6.45) is 6.35. The van der Waals surface area contributed by atoms with Crippen LogP contribution in [0.25, 0.3) is 22.4 Å². The lowest BCUT2D eigenvalue weighted by Gasteiger charge is -2.51. The van der Waals surface area contributed by atoms with E-state index < -0.39 is 16.7 Å². The third-order valence-corrected chi connectivity index (χ3v) is 9.81. The number of hydrogen-bond donors (Lipinski definition) is 1. The number of ether oxygens (including phenoxy) is 3. The van der Waals surface area contributed by atoms with E-state index in [0.717, 1.165) is 51.5 Å². The Morgan fingerprint density at radius 2 is 1.60 bits per heavy atom. The summed E-state index contributed by atoms with van der Waals surface area (Å²) in [5.74, 6) is 1.29. The second kappa shape index (κ2) is 14.4. The van der Waals surface area contributed by atoms with Crippen LogP contribution < -0.4 is 19.5 Å². The molecule has 2 aliphatic rings. The highest BCUT2D eigenvalue weighted by Crippen LogP contribution is 2.49. The zero-order valence-electron chi connectivity index (χ0n) is 26.3. The first kappa shape index (κ1) is 33.0. The molecule has 2 aromatic carbocycles. The zero-order chi connectivity index (χ0) is 32.1. The van der Waals surface area contributed by atoms with Crippen molar-refractivity contribution in [2.75, 3.05) is 41.5 Å². The van der Waals surface area contributed by atoms with Gasteiger partial charge in [-0.3, -0.25) is 9.59 Å². The maximum absolute atomic E-state index is 14.0. The number of carbonyl (C=O) groups excluding carboxylic acids is 2. The average Bonchev–Trinajstić information content (AvgIpc) is 3.02. The quantitative estimate of drug-likeness (QED) is 0.163. The predicted octanol–water partition coefficient (Wildman–Crippen LogP) is 7.25. The first-order valence-electron chi connectivity index (χ1n) is 15.5. The highest BCUT2D eigenvalue weighted by Gasteiger charge is 2.55. The molecule has 0 spiro atoms. The molecule has 0 aliphatic heterocycles. The summed E-state index contributed by atoms with van der Waals surface area (Å²) < 4.78 is 17.5. The number of aromatic nitrogens is 1. The number of fused-ring (bicyclic) bond motifs is 2. The smallest absolute Gasteiger partial charge is 0.270 e. The number of pyridine rings is 1. The summed E-state index contributed by atoms with van der Waals surface area (Å²) in [4.78, 5) is 34.1. The van der Waals surface area contributed by atoms with E-state index in [0.29, 0.717) is 51.3 Å². The van der Waals surface area contributed by atoms with Gasteiger partial charge in [0, 0.05) is 17.7 Å². The molecule has 0 unspecified atom stereocenters. The number of nitrogens with one attached hydrogen (secondary N) is 1. The van der Waals surface area contributed by atoms with Gasteiger partial charge in [-0.2, -0.15) is 0 Å². The number of rotatable bonds is 12. The predicted molar refractivity (Wildman–Crippen MR) is 178 cm³/mol. The molecule has 1 N–H and O–H groups in total. The Bertz CT molecular complexity index is 1500. The van der Waals surface area contributed by atoms with Crippen molar-refractivity contribution in [1.29, 1.82) is 0 Å². The van der Waals surface area contributed by atoms with Gasteiger partial charge in [0.1, 0.15) is 28.5 Å². The number of benzene rings is 2. The van der Waals surface area contributed by atoms with Crippen molar-refractivity contribution in [3.05, 3.63) is 59.2 Å². The maximum Gasteiger partial charge on any atom is 0.270 e. The van der Waals surface area contributed by atoms with E-state index in [4.69, 9.17) is 42.4 Å². The summed E-state index contributed by atoms with van der Waals surface area (Å²) >= 11 is 12.9. The molecular formula is C35H41Cl2N3O5. The SMILES string of the molecule is COc1cccc(OC)c1-c1ccc(C(=O)NC2(C(=O)Cl)C3CCCC2CCC3)nc1-c1ccc(Cl)c(OCCCN(C)C)c1. The van der Waals surface area contributed by atoms with Gasteiger partial charge in [-0.25, -0.2) is 4.98 Å². The lowest BCUT2D eigenvalue weighted by molar-refractivity contribution is -0.126. The summed E-state index contributed by atoms with van der Waals surface area (Å²) in [7, 11) is 7.22. The molecular weight excluding hydrogens is 613 g/mol. The van der Waals surface area contributed by atoms with Gasteiger partial charge in [0.2, 0.25) is 5.24 Å². The Balaban J connectivity index is 1.59. The number of halogens is 2. The molecule has 2 bridgehead atoms. The van der Waals surface area contributed by atoms with Crippen molar-refractivity contribution in [1.82, 2.24) is 15.2 Å². The van der Waals surface area contributed by atoms with Crippen LogP contribution in [0, 0.1) is 11.8 Å². The molecule has 0 saturated heterocycles. The Morgan fingerprint density at radius 1 is 0.956 bits per heavy atom. The van der Waals surface area contributed by atoms with Crippen LogP contribution in [-0.2, 0) is 4.79 Å². The van der Waals surface area contributed by atoms with E-state index in [1.54, 1.807) is 26.4 Å². The van der Waals surface area contributed by atoms with Gasteiger partial charge in [-0.05, 0) is 106 Å². The van der Waals surface area contributed by atoms with E-state index in [9.17, 15) is 9.59 Å². The van der Waals surface area contributed by atoms with Crippen LogP contribution in [0.2, 0.25) is 5.02 Å². The highest BCUT2D eigenvalue weighted by molar-refractivity contribution is 6.66. The molecule has 45 heavy (non-hydrogen) atoms. The molecule has 1 heterocycles. The standard InChI is InChI=1S/C35H41Cl2N3O5/c1-40(2)19-8-20-45-30-21-22(15-17-26(30)36)32-25(31-28(43-3)13-7-14-29(31)44-4)16-18-27(38-32)33(41)39-35(34(37)42)23-9-5-10-24(35)12-6-11-23/h7,13-18,21,23-24H,5-6,8-12,19-20H2,1-4H3,(H,39,41). The Kier molecular flexibility index (Phi) is 10.6. The normalized spacial score (nSPS) is 20.9. The first-order chi connectivity index (χ1) is 21.7. The molecule has 240 valence electrons. The average molecular weight is 655 g/mol. The number of nitrogens with zero attached hydrogens (tertiary/aromatic N) is 2. The number of methoxy groups -OCH3 is 2. The topological polar surface area (TPSA) is 90.0 Å². The van der Waals surface area contributed by atoms with E-state index in [1.165, 1.54) is 0 Å². The van der Waals surface area contributed by atoms with E-state index in [1.807, 2.05) is 50.5 Å². The van der Waals surface area contributed by atoms with Gasteiger partial charge < -0.3 is 24.4 Å². The fourth-order valence-electron chi connectivity index (χ4n) is 7.03. The van der Waals surface area contributed by atoms with Gasteiger partial charge in [-0.15, -0.1) is 0 Å². The molecule has 1 aromatic heterocycles. The molecule has 2 aliphatic carbocycles. The summed E-state index contributed by atoms with van der Waals surface area (Å²) in [5, 5.41) is 3.10. The molecule has 0 atom stereocenters. The van der Waals surface area contributed by atoms with Gasteiger partial charge in [0.25, 0.3) is 5.91 Å². The fourth-order valence-corrected chi connectivity index (χ4v) is 7.56. The van der Waals surface area contributed by atoms with Gasteiger partial charge in [0.15, 0.2) is 0 Å². The van der Waals surface area contributed by atoms with Crippen LogP contribution in [0.4, 0.5) is 0 Å². The second-order valence-corrected chi connectivity index (χ2v) is 12.9. The molecule has 1 amide bonds. The number of hydrogen-bond acceptors (Lipinski definition) is 7. The van der Waals surface area contributed by atoms with Crippen LogP contribution in [0.5, 0.6) is 17.2 Å². The lowest BCUT2D eigenvalue weighted by atomic mass is 9.59. The van der Waals surface area contributed by atoms with Gasteiger partial charge >= 0.3 is 0 Å². The minimum atomic E-state index is -1.09. The van der Waals surface area contributed by atoms with Crippen molar-refractivity contribution in [2.24, 2.45) is 11.8 Å². The van der Waals surface area contributed by atoms with E-state index >= 15 is 0 Å². The van der Waals surface area contributed by atoms with Crippen LogP contribution in [0.1, 0.15) is 55.4 Å². The minimum Gasteiger partial charge on any atom is -0.496 e. The van der Waals surface area contributed by atoms with E-state index in [2.05, 4.69) is 10.2 Å². The highest BCUT2D eigenvalue weighted by atomic mass is 35.5. The van der Waals surface area contributed by atoms with Gasteiger partial charge in [0.05, 0.1) is 37.1 Å². The zero-order valence-corrected chi connectivity index (χ0v) is 27.8. The fraction of sp³-hybridized carbons (Fsp3) is 0.457. The van der Waals surface area contributed by atoms with Crippen LogP contribution in [0.15, 0.2) is 48.5 Å². The molecule has 2 saturated carbocycles. The Labute approximate surface area is 275 Å². The second-order valence-electron chi connectivity index (χ2n) is 12.1. The summed E-state index contributed by atoms with van der Waals surface area (Å²) in [6, 6.07) is 14.5. The number of amides is 1. The molecule has 3 aromatic rings.